The van der Waals surface area contributed by atoms with Gasteiger partial charge in [0.2, 0.25) is 0 Å². The zero-order chi connectivity index (χ0) is 15.9. The Labute approximate surface area is 130 Å². The molecule has 3 nitrogen and oxygen atoms in total. The molecule has 0 heterocycles. The van der Waals surface area contributed by atoms with Gasteiger partial charge in [-0.15, -0.1) is 0 Å². The molecule has 0 radical (unpaired) electrons. The molecule has 120 valence electrons. The third-order valence-electron chi connectivity index (χ3n) is 3.55. The van der Waals surface area contributed by atoms with Gasteiger partial charge in [-0.25, -0.2) is 8.42 Å². The highest BCUT2D eigenvalue weighted by atomic mass is 32.2. The zero-order valence-electron chi connectivity index (χ0n) is 13.7. The molecule has 0 aliphatic carbocycles. The van der Waals surface area contributed by atoms with Crippen LogP contribution >= 0.6 is 0 Å². The number of benzene rings is 1. The molecule has 1 aromatic carbocycles. The normalized spacial score (nSPS) is 13.6. The first-order valence-electron chi connectivity index (χ1n) is 7.84. The number of aryl methyl sites for hydroxylation is 1. The molecule has 0 amide bonds. The lowest BCUT2D eigenvalue weighted by atomic mass is 10.1. The van der Waals surface area contributed by atoms with Crippen LogP contribution in [0.4, 0.5) is 0 Å². The molecule has 0 aliphatic heterocycles. The van der Waals surface area contributed by atoms with E-state index >= 15 is 0 Å². The zero-order valence-corrected chi connectivity index (χ0v) is 14.5. The van der Waals surface area contributed by atoms with E-state index in [9.17, 15) is 8.42 Å². The summed E-state index contributed by atoms with van der Waals surface area (Å²) in [7, 11) is -3.03. The van der Waals surface area contributed by atoms with Crippen LogP contribution < -0.4 is 5.32 Å². The fourth-order valence-electron chi connectivity index (χ4n) is 2.14. The molecule has 0 saturated carbocycles. The highest BCUT2D eigenvalue weighted by Gasteiger charge is 2.20. The fourth-order valence-corrected chi connectivity index (χ4v) is 3.96. The van der Waals surface area contributed by atoms with Crippen molar-refractivity contribution >= 4 is 9.84 Å². The maximum absolute atomic E-state index is 12.3. The SMILES string of the molecule is CCCNC(CS(=O)(=O)CCC(C)C)c1ccc(C)cc1. The quantitative estimate of drug-likeness (QED) is 0.759. The topological polar surface area (TPSA) is 46.2 Å². The second kappa shape index (κ2) is 8.54. The minimum Gasteiger partial charge on any atom is -0.309 e. The number of hydrogen-bond acceptors (Lipinski definition) is 3. The van der Waals surface area contributed by atoms with Crippen LogP contribution in [0.1, 0.15) is 50.8 Å². The smallest absolute Gasteiger partial charge is 0.152 e. The molecule has 0 saturated heterocycles. The van der Waals surface area contributed by atoms with E-state index in [2.05, 4.69) is 26.1 Å². The first-order chi connectivity index (χ1) is 9.84. The Morgan fingerprint density at radius 2 is 1.76 bits per heavy atom. The lowest BCUT2D eigenvalue weighted by Crippen LogP contribution is -2.30. The van der Waals surface area contributed by atoms with E-state index in [1.165, 1.54) is 5.56 Å². The minimum absolute atomic E-state index is 0.109. The van der Waals surface area contributed by atoms with E-state index in [0.29, 0.717) is 5.92 Å². The van der Waals surface area contributed by atoms with Crippen LogP contribution in [-0.4, -0.2) is 26.5 Å². The maximum atomic E-state index is 12.3. The summed E-state index contributed by atoms with van der Waals surface area (Å²) in [6, 6.07) is 8.02. The van der Waals surface area contributed by atoms with E-state index in [1.807, 2.05) is 31.2 Å². The van der Waals surface area contributed by atoms with Gasteiger partial charge in [0.1, 0.15) is 0 Å². The molecule has 21 heavy (non-hydrogen) atoms. The average Bonchev–Trinajstić information content (AvgIpc) is 2.42. The Balaban J connectivity index is 2.80. The Bertz CT molecular complexity index is 506. The molecule has 0 aliphatic rings. The second-order valence-electron chi connectivity index (χ2n) is 6.21. The molecule has 1 atom stereocenters. The maximum Gasteiger partial charge on any atom is 0.152 e. The van der Waals surface area contributed by atoms with Crippen molar-refractivity contribution in [3.8, 4) is 0 Å². The Hall–Kier alpha value is -0.870. The molecule has 1 unspecified atom stereocenters. The van der Waals surface area contributed by atoms with Gasteiger partial charge >= 0.3 is 0 Å². The van der Waals surface area contributed by atoms with Crippen molar-refractivity contribution in [1.29, 1.82) is 0 Å². The van der Waals surface area contributed by atoms with E-state index in [-0.39, 0.29) is 17.5 Å². The van der Waals surface area contributed by atoms with Gasteiger partial charge < -0.3 is 5.32 Å². The predicted molar refractivity (Wildman–Crippen MR) is 90.3 cm³/mol. The van der Waals surface area contributed by atoms with Crippen molar-refractivity contribution in [2.45, 2.75) is 46.6 Å². The Kier molecular flexibility index (Phi) is 7.40. The predicted octanol–water partition coefficient (Wildman–Crippen LogP) is 3.50. The third-order valence-corrected chi connectivity index (χ3v) is 5.25. The highest BCUT2D eigenvalue weighted by molar-refractivity contribution is 7.91. The summed E-state index contributed by atoms with van der Waals surface area (Å²) < 4.78 is 24.6. The van der Waals surface area contributed by atoms with Crippen LogP contribution in [0.3, 0.4) is 0 Å². The number of nitrogens with one attached hydrogen (secondary N) is 1. The van der Waals surface area contributed by atoms with Gasteiger partial charge in [-0.2, -0.15) is 0 Å². The van der Waals surface area contributed by atoms with Crippen LogP contribution in [-0.2, 0) is 9.84 Å². The number of rotatable bonds is 9. The monoisotopic (exact) mass is 311 g/mol. The summed E-state index contributed by atoms with van der Waals surface area (Å²) in [5, 5.41) is 3.37. The lowest BCUT2D eigenvalue weighted by Gasteiger charge is -2.19. The van der Waals surface area contributed by atoms with Crippen molar-refractivity contribution in [2.75, 3.05) is 18.1 Å². The number of hydrogen-bond donors (Lipinski definition) is 1. The fraction of sp³-hybridized carbons (Fsp3) is 0.647. The molecular formula is C17H29NO2S. The van der Waals surface area contributed by atoms with Gasteiger partial charge in [0.25, 0.3) is 0 Å². The molecular weight excluding hydrogens is 282 g/mol. The van der Waals surface area contributed by atoms with E-state index in [1.54, 1.807) is 0 Å². The summed E-state index contributed by atoms with van der Waals surface area (Å²) in [5.74, 6) is 0.880. The minimum atomic E-state index is -3.03. The molecule has 0 spiro atoms. The second-order valence-corrected chi connectivity index (χ2v) is 8.44. The molecule has 0 aromatic heterocycles. The molecule has 0 bridgehead atoms. The van der Waals surface area contributed by atoms with Crippen LogP contribution in [0.5, 0.6) is 0 Å². The van der Waals surface area contributed by atoms with Gasteiger partial charge in [0, 0.05) is 6.04 Å². The first kappa shape index (κ1) is 18.2. The van der Waals surface area contributed by atoms with Gasteiger partial charge in [0.05, 0.1) is 11.5 Å². The van der Waals surface area contributed by atoms with Gasteiger partial charge in [-0.3, -0.25) is 0 Å². The van der Waals surface area contributed by atoms with Gasteiger partial charge in [-0.1, -0.05) is 50.6 Å². The molecule has 4 heteroatoms. The van der Waals surface area contributed by atoms with Crippen molar-refractivity contribution in [3.63, 3.8) is 0 Å². The average molecular weight is 311 g/mol. The highest BCUT2D eigenvalue weighted by Crippen LogP contribution is 2.17. The van der Waals surface area contributed by atoms with Crippen LogP contribution in [0.15, 0.2) is 24.3 Å². The third kappa shape index (κ3) is 7.09. The van der Waals surface area contributed by atoms with Crippen LogP contribution in [0, 0.1) is 12.8 Å². The molecule has 1 aromatic rings. The Morgan fingerprint density at radius 3 is 2.29 bits per heavy atom. The van der Waals surface area contributed by atoms with Gasteiger partial charge in [0.15, 0.2) is 9.84 Å². The largest absolute Gasteiger partial charge is 0.309 e. The van der Waals surface area contributed by atoms with Crippen molar-refractivity contribution in [3.05, 3.63) is 35.4 Å². The standard InChI is InChI=1S/C17H29NO2S/c1-5-11-18-17(16-8-6-15(4)7-9-16)13-21(19,20)12-10-14(2)3/h6-9,14,17-18H,5,10-13H2,1-4H3. The molecule has 0 fully saturated rings. The van der Waals surface area contributed by atoms with E-state index in [4.69, 9.17) is 0 Å². The van der Waals surface area contributed by atoms with Crippen LogP contribution in [0.2, 0.25) is 0 Å². The summed E-state index contributed by atoms with van der Waals surface area (Å²) in [5.41, 5.74) is 2.25. The lowest BCUT2D eigenvalue weighted by molar-refractivity contribution is 0.538. The summed E-state index contributed by atoms with van der Waals surface area (Å²) in [6.07, 6.45) is 1.73. The van der Waals surface area contributed by atoms with Crippen molar-refractivity contribution < 1.29 is 8.42 Å². The van der Waals surface area contributed by atoms with Crippen molar-refractivity contribution in [1.82, 2.24) is 5.32 Å². The van der Waals surface area contributed by atoms with Crippen LogP contribution in [0.25, 0.3) is 0 Å². The summed E-state index contributed by atoms with van der Waals surface area (Å²) in [4.78, 5) is 0. The first-order valence-corrected chi connectivity index (χ1v) is 9.66. The van der Waals surface area contributed by atoms with Gasteiger partial charge in [-0.05, 0) is 37.8 Å². The van der Waals surface area contributed by atoms with Crippen molar-refractivity contribution in [2.24, 2.45) is 5.92 Å². The van der Waals surface area contributed by atoms with E-state index in [0.717, 1.165) is 24.9 Å². The molecule has 1 rings (SSSR count). The summed E-state index contributed by atoms with van der Waals surface area (Å²) >= 11 is 0. The summed E-state index contributed by atoms with van der Waals surface area (Å²) in [6.45, 7) is 9.08. The Morgan fingerprint density at radius 1 is 1.14 bits per heavy atom. The molecule has 1 N–H and O–H groups in total. The van der Waals surface area contributed by atoms with E-state index < -0.39 is 9.84 Å². The number of sulfone groups is 1.